The Bertz CT molecular complexity index is 663. The molecule has 3 N–H and O–H groups in total. The number of ether oxygens (including phenoxy) is 1. The fourth-order valence-corrected chi connectivity index (χ4v) is 2.61. The van der Waals surface area contributed by atoms with Gasteiger partial charge in [0.15, 0.2) is 0 Å². The molecule has 2 aromatic rings. The third-order valence-electron chi connectivity index (χ3n) is 3.70. The SMILES string of the molecule is C=CCC[C@@H](CO)NC(=O)Cc1c[nH]c2cccc(OCC)c12. The van der Waals surface area contributed by atoms with Crippen LogP contribution in [0.15, 0.2) is 37.1 Å². The standard InChI is InChI=1S/C18H24N2O3/c1-3-5-7-14(12-21)20-17(22)10-13-11-19-15-8-6-9-16(18(13)15)23-4-2/h3,6,8-9,11,14,19,21H,1,4-5,7,10,12H2,2H3,(H,20,22)/t14-/m0/s1. The van der Waals surface area contributed by atoms with E-state index in [2.05, 4.69) is 16.9 Å². The molecule has 0 aliphatic heterocycles. The first-order valence-electron chi connectivity index (χ1n) is 7.92. The topological polar surface area (TPSA) is 74.4 Å². The number of aromatic nitrogens is 1. The molecule has 1 heterocycles. The van der Waals surface area contributed by atoms with Gasteiger partial charge in [0.1, 0.15) is 5.75 Å². The maximum Gasteiger partial charge on any atom is 0.224 e. The van der Waals surface area contributed by atoms with Gasteiger partial charge in [-0.15, -0.1) is 6.58 Å². The number of amides is 1. The summed E-state index contributed by atoms with van der Waals surface area (Å²) in [5.41, 5.74) is 1.84. The van der Waals surface area contributed by atoms with E-state index in [-0.39, 0.29) is 25.0 Å². The normalized spacial score (nSPS) is 12.1. The van der Waals surface area contributed by atoms with Crippen LogP contribution in [0, 0.1) is 0 Å². The maximum absolute atomic E-state index is 12.3. The van der Waals surface area contributed by atoms with E-state index in [1.165, 1.54) is 0 Å². The second kappa shape index (κ2) is 8.39. The summed E-state index contributed by atoms with van der Waals surface area (Å²) in [6.07, 6.45) is 5.30. The van der Waals surface area contributed by atoms with Crippen molar-refractivity contribution < 1.29 is 14.6 Å². The zero-order valence-corrected chi connectivity index (χ0v) is 13.5. The molecule has 0 unspecified atom stereocenters. The van der Waals surface area contributed by atoms with Crippen molar-refractivity contribution in [3.05, 3.63) is 42.6 Å². The average Bonchev–Trinajstić information content (AvgIpc) is 2.95. The average molecular weight is 316 g/mol. The number of fused-ring (bicyclic) bond motifs is 1. The first-order valence-corrected chi connectivity index (χ1v) is 7.92. The summed E-state index contributed by atoms with van der Waals surface area (Å²) < 4.78 is 5.65. The van der Waals surface area contributed by atoms with Crippen LogP contribution >= 0.6 is 0 Å². The van der Waals surface area contributed by atoms with E-state index >= 15 is 0 Å². The van der Waals surface area contributed by atoms with E-state index in [4.69, 9.17) is 4.74 Å². The number of benzene rings is 1. The monoisotopic (exact) mass is 316 g/mol. The Balaban J connectivity index is 2.11. The van der Waals surface area contributed by atoms with Crippen LogP contribution in [0.1, 0.15) is 25.3 Å². The lowest BCUT2D eigenvalue weighted by Crippen LogP contribution is -2.38. The van der Waals surface area contributed by atoms with Crippen molar-refractivity contribution in [1.82, 2.24) is 10.3 Å². The van der Waals surface area contributed by atoms with Crippen LogP contribution in [0.3, 0.4) is 0 Å². The molecular formula is C18H24N2O3. The van der Waals surface area contributed by atoms with Crippen molar-refractivity contribution in [3.8, 4) is 5.75 Å². The Morgan fingerprint density at radius 3 is 3.04 bits per heavy atom. The van der Waals surface area contributed by atoms with Crippen molar-refractivity contribution in [3.63, 3.8) is 0 Å². The van der Waals surface area contributed by atoms with Gasteiger partial charge in [-0.1, -0.05) is 12.1 Å². The van der Waals surface area contributed by atoms with Crippen LogP contribution in [-0.4, -0.2) is 35.3 Å². The van der Waals surface area contributed by atoms with Gasteiger partial charge in [-0.2, -0.15) is 0 Å². The first-order chi connectivity index (χ1) is 11.2. The first kappa shape index (κ1) is 17.1. The van der Waals surface area contributed by atoms with Crippen LogP contribution < -0.4 is 10.1 Å². The van der Waals surface area contributed by atoms with Crippen LogP contribution in [-0.2, 0) is 11.2 Å². The quantitative estimate of drug-likeness (QED) is 0.622. The predicted molar refractivity (Wildman–Crippen MR) is 91.6 cm³/mol. The largest absolute Gasteiger partial charge is 0.493 e. The van der Waals surface area contributed by atoms with E-state index in [0.717, 1.165) is 28.6 Å². The lowest BCUT2D eigenvalue weighted by molar-refractivity contribution is -0.121. The molecule has 1 aromatic heterocycles. The Morgan fingerprint density at radius 2 is 2.35 bits per heavy atom. The second-order valence-corrected chi connectivity index (χ2v) is 5.42. The summed E-state index contributed by atoms with van der Waals surface area (Å²) in [6, 6.07) is 5.55. The van der Waals surface area contributed by atoms with Crippen LogP contribution in [0.5, 0.6) is 5.75 Å². The molecule has 0 aliphatic rings. The molecule has 1 atom stereocenters. The van der Waals surface area contributed by atoms with Gasteiger partial charge in [0.25, 0.3) is 0 Å². The molecule has 0 saturated heterocycles. The van der Waals surface area contributed by atoms with E-state index in [1.54, 1.807) is 6.08 Å². The van der Waals surface area contributed by atoms with Gasteiger partial charge in [-0.3, -0.25) is 4.79 Å². The number of aliphatic hydroxyl groups is 1. The molecule has 5 nitrogen and oxygen atoms in total. The molecule has 5 heteroatoms. The van der Waals surface area contributed by atoms with Gasteiger partial charge < -0.3 is 20.1 Å². The molecule has 1 aromatic carbocycles. The molecule has 0 spiro atoms. The minimum Gasteiger partial charge on any atom is -0.493 e. The number of allylic oxidation sites excluding steroid dienone is 1. The molecule has 0 saturated carbocycles. The van der Waals surface area contributed by atoms with Gasteiger partial charge in [0, 0.05) is 17.1 Å². The number of hydrogen-bond donors (Lipinski definition) is 3. The highest BCUT2D eigenvalue weighted by Gasteiger charge is 2.15. The van der Waals surface area contributed by atoms with Gasteiger partial charge in [0.05, 0.1) is 25.7 Å². The fourth-order valence-electron chi connectivity index (χ4n) is 2.61. The van der Waals surface area contributed by atoms with Crippen molar-refractivity contribution >= 4 is 16.8 Å². The van der Waals surface area contributed by atoms with Gasteiger partial charge in [-0.05, 0) is 37.5 Å². The Labute approximate surface area is 136 Å². The molecule has 2 rings (SSSR count). The number of nitrogens with one attached hydrogen (secondary N) is 2. The molecule has 0 bridgehead atoms. The lowest BCUT2D eigenvalue weighted by atomic mass is 10.1. The number of rotatable bonds is 9. The number of aliphatic hydroxyl groups excluding tert-OH is 1. The summed E-state index contributed by atoms with van der Waals surface area (Å²) >= 11 is 0. The summed E-state index contributed by atoms with van der Waals surface area (Å²) in [7, 11) is 0. The molecular weight excluding hydrogens is 292 g/mol. The van der Waals surface area contributed by atoms with E-state index in [1.807, 2.05) is 31.3 Å². The highest BCUT2D eigenvalue weighted by atomic mass is 16.5. The van der Waals surface area contributed by atoms with Crippen LogP contribution in [0.4, 0.5) is 0 Å². The zero-order chi connectivity index (χ0) is 16.7. The third kappa shape index (κ3) is 4.36. The highest BCUT2D eigenvalue weighted by Crippen LogP contribution is 2.29. The Hall–Kier alpha value is -2.27. The lowest BCUT2D eigenvalue weighted by Gasteiger charge is -2.15. The summed E-state index contributed by atoms with van der Waals surface area (Å²) in [5, 5.41) is 13.1. The van der Waals surface area contributed by atoms with Gasteiger partial charge in [-0.25, -0.2) is 0 Å². The zero-order valence-electron chi connectivity index (χ0n) is 13.5. The number of carbonyl (C=O) groups is 1. The number of aromatic amines is 1. The minimum atomic E-state index is -0.239. The van der Waals surface area contributed by atoms with Crippen molar-refractivity contribution in [2.45, 2.75) is 32.2 Å². The predicted octanol–water partition coefficient (Wildman–Crippen LogP) is 2.55. The second-order valence-electron chi connectivity index (χ2n) is 5.42. The van der Waals surface area contributed by atoms with E-state index < -0.39 is 0 Å². The Kier molecular flexibility index (Phi) is 6.23. The van der Waals surface area contributed by atoms with Crippen LogP contribution in [0.2, 0.25) is 0 Å². The third-order valence-corrected chi connectivity index (χ3v) is 3.70. The summed E-state index contributed by atoms with van der Waals surface area (Å²) in [5.74, 6) is 0.666. The van der Waals surface area contributed by atoms with E-state index in [0.29, 0.717) is 13.0 Å². The number of carbonyl (C=O) groups excluding carboxylic acids is 1. The van der Waals surface area contributed by atoms with Crippen molar-refractivity contribution in [2.75, 3.05) is 13.2 Å². The maximum atomic E-state index is 12.3. The summed E-state index contributed by atoms with van der Waals surface area (Å²) in [4.78, 5) is 15.4. The summed E-state index contributed by atoms with van der Waals surface area (Å²) in [6.45, 7) is 6.09. The molecule has 23 heavy (non-hydrogen) atoms. The van der Waals surface area contributed by atoms with E-state index in [9.17, 15) is 9.90 Å². The minimum absolute atomic E-state index is 0.0718. The number of hydrogen-bond acceptors (Lipinski definition) is 3. The molecule has 0 fully saturated rings. The highest BCUT2D eigenvalue weighted by molar-refractivity contribution is 5.93. The van der Waals surface area contributed by atoms with Crippen molar-refractivity contribution in [1.29, 1.82) is 0 Å². The van der Waals surface area contributed by atoms with Gasteiger partial charge >= 0.3 is 0 Å². The van der Waals surface area contributed by atoms with Gasteiger partial charge in [0.2, 0.25) is 5.91 Å². The molecule has 0 aliphatic carbocycles. The number of H-pyrrole nitrogens is 1. The Morgan fingerprint density at radius 1 is 1.52 bits per heavy atom. The van der Waals surface area contributed by atoms with Crippen LogP contribution in [0.25, 0.3) is 10.9 Å². The molecule has 124 valence electrons. The smallest absolute Gasteiger partial charge is 0.224 e. The fraction of sp³-hybridized carbons (Fsp3) is 0.389. The molecule has 1 amide bonds. The van der Waals surface area contributed by atoms with Crippen molar-refractivity contribution in [2.24, 2.45) is 0 Å². The molecule has 0 radical (unpaired) electrons.